The fourth-order valence-corrected chi connectivity index (χ4v) is 6.08. The third-order valence-corrected chi connectivity index (χ3v) is 6.79. The molecule has 4 aliphatic carbocycles. The number of benzene rings is 1. The molecular formula is C22H28NO4-. The number of nitrogens with one attached hydrogen (secondary N) is 1. The molecule has 0 radical (unpaired) electrons. The van der Waals surface area contributed by atoms with E-state index in [4.69, 9.17) is 4.74 Å². The number of carboxylic acids is 1. The Labute approximate surface area is 160 Å². The van der Waals surface area contributed by atoms with E-state index >= 15 is 0 Å². The molecule has 4 bridgehead atoms. The van der Waals surface area contributed by atoms with E-state index in [-0.39, 0.29) is 17.7 Å². The van der Waals surface area contributed by atoms with Gasteiger partial charge in [0.05, 0.1) is 12.6 Å². The molecule has 4 fully saturated rings. The van der Waals surface area contributed by atoms with Crippen molar-refractivity contribution in [1.82, 2.24) is 5.32 Å². The van der Waals surface area contributed by atoms with Crippen LogP contribution in [0.25, 0.3) is 0 Å². The van der Waals surface area contributed by atoms with Crippen LogP contribution in [-0.2, 0) is 9.59 Å². The Morgan fingerprint density at radius 2 is 1.67 bits per heavy atom. The summed E-state index contributed by atoms with van der Waals surface area (Å²) in [5.41, 5.74) is 0.491. The summed E-state index contributed by atoms with van der Waals surface area (Å²) in [6.45, 7) is 2.49. The van der Waals surface area contributed by atoms with Gasteiger partial charge in [-0.25, -0.2) is 0 Å². The van der Waals surface area contributed by atoms with Crippen molar-refractivity contribution in [3.8, 4) is 5.75 Å². The molecule has 1 atom stereocenters. The van der Waals surface area contributed by atoms with E-state index in [1.807, 2.05) is 31.2 Å². The van der Waals surface area contributed by atoms with Crippen molar-refractivity contribution in [2.24, 2.45) is 23.2 Å². The van der Waals surface area contributed by atoms with Gasteiger partial charge < -0.3 is 20.0 Å². The highest BCUT2D eigenvalue weighted by atomic mass is 16.5. The smallest absolute Gasteiger partial charge is 0.226 e. The van der Waals surface area contributed by atoms with Gasteiger partial charge in [-0.3, -0.25) is 4.79 Å². The summed E-state index contributed by atoms with van der Waals surface area (Å²) < 4.78 is 5.45. The number of aliphatic carboxylic acids is 1. The second-order valence-corrected chi connectivity index (χ2v) is 8.80. The largest absolute Gasteiger partial charge is 0.550 e. The van der Waals surface area contributed by atoms with Crippen molar-refractivity contribution < 1.29 is 19.4 Å². The Hall–Kier alpha value is -2.04. The number of carboxylic acid groups (broad SMARTS) is 1. The van der Waals surface area contributed by atoms with Crippen LogP contribution in [0.2, 0.25) is 0 Å². The van der Waals surface area contributed by atoms with E-state index < -0.39 is 12.0 Å². The first-order valence-electron chi connectivity index (χ1n) is 10.2. The molecule has 0 spiro atoms. The summed E-state index contributed by atoms with van der Waals surface area (Å²) in [4.78, 5) is 24.6. The number of hydrogen-bond acceptors (Lipinski definition) is 4. The van der Waals surface area contributed by atoms with Gasteiger partial charge in [0.2, 0.25) is 5.91 Å². The van der Waals surface area contributed by atoms with Gasteiger partial charge in [-0.15, -0.1) is 0 Å². The normalized spacial score (nSPS) is 32.1. The first-order valence-corrected chi connectivity index (χ1v) is 10.2. The molecule has 27 heavy (non-hydrogen) atoms. The van der Waals surface area contributed by atoms with Crippen LogP contribution in [0.4, 0.5) is 0 Å². The first-order chi connectivity index (χ1) is 13.0. The van der Waals surface area contributed by atoms with Crippen LogP contribution in [0.3, 0.4) is 0 Å². The Balaban J connectivity index is 1.51. The molecule has 146 valence electrons. The lowest BCUT2D eigenvalue weighted by Crippen LogP contribution is -2.54. The lowest BCUT2D eigenvalue weighted by Gasteiger charge is -2.55. The summed E-state index contributed by atoms with van der Waals surface area (Å²) >= 11 is 0. The Kier molecular flexibility index (Phi) is 4.87. The van der Waals surface area contributed by atoms with Crippen molar-refractivity contribution in [3.63, 3.8) is 0 Å². The number of rotatable bonds is 7. The number of hydrogen-bond donors (Lipinski definition) is 1. The number of carbonyl (C=O) groups is 2. The summed E-state index contributed by atoms with van der Waals surface area (Å²) in [7, 11) is 0. The fourth-order valence-electron chi connectivity index (χ4n) is 6.08. The predicted molar refractivity (Wildman–Crippen MR) is 98.7 cm³/mol. The molecule has 0 unspecified atom stereocenters. The highest BCUT2D eigenvalue weighted by Crippen LogP contribution is 2.60. The Bertz CT molecular complexity index is 676. The summed E-state index contributed by atoms with van der Waals surface area (Å²) in [5.74, 6) is 1.65. The maximum absolute atomic E-state index is 13.3. The van der Waals surface area contributed by atoms with Crippen molar-refractivity contribution in [2.45, 2.75) is 57.9 Å². The third kappa shape index (κ3) is 3.69. The second-order valence-electron chi connectivity index (χ2n) is 8.80. The summed E-state index contributed by atoms with van der Waals surface area (Å²) in [6, 6.07) is 6.73. The van der Waals surface area contributed by atoms with E-state index in [9.17, 15) is 14.7 Å². The third-order valence-electron chi connectivity index (χ3n) is 6.79. The van der Waals surface area contributed by atoms with Gasteiger partial charge in [0.1, 0.15) is 5.75 Å². The summed E-state index contributed by atoms with van der Waals surface area (Å²) in [6.07, 6.45) is 6.49. The minimum absolute atomic E-state index is 0.0433. The first kappa shape index (κ1) is 18.3. The van der Waals surface area contributed by atoms with Crippen LogP contribution in [0.15, 0.2) is 24.3 Å². The SMILES string of the molecule is CCOc1ccc([C@H](CC(=O)[O-])NC(=O)C23CC4CC(CC(C4)C2)C3)cc1. The predicted octanol–water partition coefficient (Wildman–Crippen LogP) is 2.60. The van der Waals surface area contributed by atoms with Crippen LogP contribution in [0.1, 0.15) is 63.5 Å². The highest BCUT2D eigenvalue weighted by molar-refractivity contribution is 5.84. The average Bonchev–Trinajstić information content (AvgIpc) is 2.60. The van der Waals surface area contributed by atoms with Gasteiger partial charge in [0, 0.05) is 17.8 Å². The second kappa shape index (κ2) is 7.17. The maximum Gasteiger partial charge on any atom is 0.226 e. The zero-order valence-electron chi connectivity index (χ0n) is 15.9. The standard InChI is InChI=1S/C22H29NO4/c1-2-27-18-5-3-17(4-6-18)19(10-20(24)25)23-21(26)22-11-14-7-15(12-22)9-16(8-14)13-22/h3-6,14-16,19H,2,7-13H2,1H3,(H,23,26)(H,24,25)/p-1/t14?,15?,16?,19-,22?/m0/s1. The molecule has 4 saturated carbocycles. The summed E-state index contributed by atoms with van der Waals surface area (Å²) in [5, 5.41) is 14.4. The average molecular weight is 370 g/mol. The van der Waals surface area contributed by atoms with E-state index in [2.05, 4.69) is 5.32 Å². The van der Waals surface area contributed by atoms with E-state index in [1.165, 1.54) is 19.3 Å². The quantitative estimate of drug-likeness (QED) is 0.800. The van der Waals surface area contributed by atoms with Crippen molar-refractivity contribution in [2.75, 3.05) is 6.61 Å². The lowest BCUT2D eigenvalue weighted by atomic mass is 9.49. The molecule has 0 saturated heterocycles. The number of amides is 1. The molecule has 4 aliphatic rings. The van der Waals surface area contributed by atoms with Crippen LogP contribution < -0.4 is 15.2 Å². The van der Waals surface area contributed by atoms with Gasteiger partial charge in [-0.05, 0) is 80.9 Å². The molecule has 5 nitrogen and oxygen atoms in total. The molecule has 1 N–H and O–H groups in total. The molecule has 1 amide bonds. The topological polar surface area (TPSA) is 78.5 Å². The van der Waals surface area contributed by atoms with Crippen molar-refractivity contribution >= 4 is 11.9 Å². The van der Waals surface area contributed by atoms with Gasteiger partial charge in [0.15, 0.2) is 0 Å². The lowest BCUT2D eigenvalue weighted by molar-refractivity contribution is -0.306. The molecular weight excluding hydrogens is 342 g/mol. The zero-order valence-corrected chi connectivity index (χ0v) is 15.9. The zero-order chi connectivity index (χ0) is 19.0. The van der Waals surface area contributed by atoms with E-state index in [0.717, 1.165) is 30.6 Å². The monoisotopic (exact) mass is 370 g/mol. The minimum atomic E-state index is -1.15. The van der Waals surface area contributed by atoms with Crippen molar-refractivity contribution in [1.29, 1.82) is 0 Å². The molecule has 0 aliphatic heterocycles. The van der Waals surface area contributed by atoms with Crippen LogP contribution in [0, 0.1) is 23.2 Å². The Morgan fingerprint density at radius 3 is 2.15 bits per heavy atom. The minimum Gasteiger partial charge on any atom is -0.550 e. The molecule has 1 aromatic carbocycles. The number of ether oxygens (including phenoxy) is 1. The van der Waals surface area contributed by atoms with Gasteiger partial charge in [-0.2, -0.15) is 0 Å². The van der Waals surface area contributed by atoms with E-state index in [1.54, 1.807) is 0 Å². The van der Waals surface area contributed by atoms with Gasteiger partial charge in [0.25, 0.3) is 0 Å². The van der Waals surface area contributed by atoms with Gasteiger partial charge >= 0.3 is 0 Å². The number of carbonyl (C=O) groups excluding carboxylic acids is 2. The Morgan fingerprint density at radius 1 is 1.11 bits per heavy atom. The van der Waals surface area contributed by atoms with Gasteiger partial charge in [-0.1, -0.05) is 12.1 Å². The van der Waals surface area contributed by atoms with E-state index in [0.29, 0.717) is 24.4 Å². The fraction of sp³-hybridized carbons (Fsp3) is 0.636. The molecule has 0 heterocycles. The highest BCUT2D eigenvalue weighted by Gasteiger charge is 2.54. The van der Waals surface area contributed by atoms with Crippen LogP contribution in [-0.4, -0.2) is 18.5 Å². The van der Waals surface area contributed by atoms with Crippen LogP contribution in [0.5, 0.6) is 5.75 Å². The molecule has 1 aromatic rings. The van der Waals surface area contributed by atoms with Crippen molar-refractivity contribution in [3.05, 3.63) is 29.8 Å². The molecule has 0 aromatic heterocycles. The molecule has 5 rings (SSSR count). The van der Waals surface area contributed by atoms with Crippen LogP contribution >= 0.6 is 0 Å². The maximum atomic E-state index is 13.3. The molecule has 5 heteroatoms.